The smallest absolute Gasteiger partial charge is 0.162 e. The average molecular weight is 280 g/mol. The van der Waals surface area contributed by atoms with Gasteiger partial charge in [0.15, 0.2) is 11.5 Å². The zero-order chi connectivity index (χ0) is 13.2. The summed E-state index contributed by atoms with van der Waals surface area (Å²) >= 11 is 0. The van der Waals surface area contributed by atoms with Gasteiger partial charge in [-0.05, 0) is 25.0 Å². The molecule has 4 nitrogen and oxygen atoms in total. The number of hydrogen-bond donors (Lipinski definition) is 0. The van der Waals surface area contributed by atoms with Crippen LogP contribution < -0.4 is 9.47 Å². The third kappa shape index (κ3) is 2.97. The van der Waals surface area contributed by atoms with Crippen LogP contribution in [0.1, 0.15) is 19.3 Å². The molecule has 0 amide bonds. The highest BCUT2D eigenvalue weighted by Gasteiger charge is 2.30. The number of Topliss-reactive ketones (excluding diaryl/α,β-unsaturated/α-hetero) is 1. The summed E-state index contributed by atoms with van der Waals surface area (Å²) in [7, 11) is -1.28. The van der Waals surface area contributed by atoms with Crippen LogP contribution in [0.5, 0.6) is 11.5 Å². The fraction of sp³-hybridized carbons (Fsp3) is 0.500. The van der Waals surface area contributed by atoms with Crippen molar-refractivity contribution in [3.05, 3.63) is 18.2 Å². The average Bonchev–Trinajstić information content (AvgIpc) is 3.24. The quantitative estimate of drug-likeness (QED) is 0.845. The Morgan fingerprint density at radius 3 is 2.68 bits per heavy atom. The molecule has 0 radical (unpaired) electrons. The van der Waals surface area contributed by atoms with Crippen LogP contribution in [0, 0.1) is 5.92 Å². The molecule has 5 heteroatoms. The Bertz CT molecular complexity index is 522. The predicted molar refractivity (Wildman–Crippen MR) is 71.1 cm³/mol. The monoisotopic (exact) mass is 280 g/mol. The van der Waals surface area contributed by atoms with Crippen molar-refractivity contribution < 1.29 is 18.5 Å². The van der Waals surface area contributed by atoms with Crippen LogP contribution >= 0.6 is 0 Å². The fourth-order valence-electron chi connectivity index (χ4n) is 2.02. The summed E-state index contributed by atoms with van der Waals surface area (Å²) in [6, 6.07) is 5.26. The second kappa shape index (κ2) is 5.33. The molecule has 3 rings (SSSR count). The van der Waals surface area contributed by atoms with Crippen LogP contribution in [0.15, 0.2) is 23.1 Å². The summed E-state index contributed by atoms with van der Waals surface area (Å²) in [5.74, 6) is 1.70. The molecule has 19 heavy (non-hydrogen) atoms. The molecule has 1 aromatic carbocycles. The third-order valence-electron chi connectivity index (χ3n) is 3.29. The van der Waals surface area contributed by atoms with Gasteiger partial charge in [-0.3, -0.25) is 9.00 Å². The first-order valence-corrected chi connectivity index (χ1v) is 7.86. The maximum absolute atomic E-state index is 12.2. The minimum Gasteiger partial charge on any atom is -0.490 e. The first-order chi connectivity index (χ1) is 9.24. The zero-order valence-corrected chi connectivity index (χ0v) is 11.4. The molecule has 1 fully saturated rings. The second-order valence-electron chi connectivity index (χ2n) is 4.89. The molecule has 1 aliphatic heterocycles. The Morgan fingerprint density at radius 2 is 1.95 bits per heavy atom. The SMILES string of the molecule is O=C(CS(=O)c1ccc2c(c1)OCCCO2)C1CC1. The Kier molecular flexibility index (Phi) is 3.55. The largest absolute Gasteiger partial charge is 0.490 e. The Hall–Kier alpha value is -1.36. The number of fused-ring (bicyclic) bond motifs is 1. The van der Waals surface area contributed by atoms with Crippen molar-refractivity contribution in [2.45, 2.75) is 24.2 Å². The van der Waals surface area contributed by atoms with Gasteiger partial charge in [-0.1, -0.05) is 0 Å². The number of carbonyl (C=O) groups is 1. The maximum Gasteiger partial charge on any atom is 0.162 e. The molecule has 1 unspecified atom stereocenters. The van der Waals surface area contributed by atoms with Crippen LogP contribution in [-0.4, -0.2) is 29.0 Å². The summed E-state index contributed by atoms with van der Waals surface area (Å²) < 4.78 is 23.2. The summed E-state index contributed by atoms with van der Waals surface area (Å²) in [5, 5.41) is 0. The van der Waals surface area contributed by atoms with E-state index in [-0.39, 0.29) is 17.5 Å². The Morgan fingerprint density at radius 1 is 1.21 bits per heavy atom. The Labute approximate surface area is 114 Å². The molecule has 2 aliphatic rings. The molecule has 0 spiro atoms. The third-order valence-corrected chi connectivity index (χ3v) is 4.61. The van der Waals surface area contributed by atoms with E-state index in [9.17, 15) is 9.00 Å². The van der Waals surface area contributed by atoms with Crippen LogP contribution in [0.2, 0.25) is 0 Å². The van der Waals surface area contributed by atoms with E-state index in [1.807, 2.05) is 0 Å². The molecule has 102 valence electrons. The van der Waals surface area contributed by atoms with Crippen molar-refractivity contribution in [2.24, 2.45) is 5.92 Å². The van der Waals surface area contributed by atoms with E-state index in [2.05, 4.69) is 0 Å². The van der Waals surface area contributed by atoms with E-state index in [0.717, 1.165) is 19.3 Å². The fourth-order valence-corrected chi connectivity index (χ4v) is 3.14. The molecule has 1 atom stereocenters. The molecular weight excluding hydrogens is 264 g/mol. The van der Waals surface area contributed by atoms with E-state index < -0.39 is 10.8 Å². The zero-order valence-electron chi connectivity index (χ0n) is 10.6. The normalized spacial score (nSPS) is 19.6. The van der Waals surface area contributed by atoms with Gasteiger partial charge < -0.3 is 9.47 Å². The summed E-state index contributed by atoms with van der Waals surface area (Å²) in [6.45, 7) is 1.24. The maximum atomic E-state index is 12.2. The van der Waals surface area contributed by atoms with Gasteiger partial charge in [0.25, 0.3) is 0 Å². The van der Waals surface area contributed by atoms with E-state index in [1.165, 1.54) is 0 Å². The van der Waals surface area contributed by atoms with Crippen molar-refractivity contribution in [1.29, 1.82) is 0 Å². The predicted octanol–water partition coefficient (Wildman–Crippen LogP) is 1.93. The number of hydrogen-bond acceptors (Lipinski definition) is 4. The van der Waals surface area contributed by atoms with Gasteiger partial charge in [0, 0.05) is 23.3 Å². The molecular formula is C14H16O4S. The van der Waals surface area contributed by atoms with Crippen LogP contribution in [0.25, 0.3) is 0 Å². The Balaban J connectivity index is 1.75. The molecule has 1 saturated carbocycles. The van der Waals surface area contributed by atoms with Gasteiger partial charge in [0.05, 0.1) is 29.8 Å². The topological polar surface area (TPSA) is 52.6 Å². The molecule has 0 aromatic heterocycles. The van der Waals surface area contributed by atoms with Crippen LogP contribution in [0.4, 0.5) is 0 Å². The van der Waals surface area contributed by atoms with Gasteiger partial charge in [-0.15, -0.1) is 0 Å². The highest BCUT2D eigenvalue weighted by Crippen LogP contribution is 2.33. The van der Waals surface area contributed by atoms with Crippen molar-refractivity contribution >= 4 is 16.6 Å². The van der Waals surface area contributed by atoms with E-state index in [1.54, 1.807) is 18.2 Å². The standard InChI is InChI=1S/C14H16O4S/c15-12(10-2-3-10)9-19(16)11-4-5-13-14(8-11)18-7-1-6-17-13/h4-5,8,10H,1-3,6-7,9H2. The lowest BCUT2D eigenvalue weighted by molar-refractivity contribution is -0.117. The van der Waals surface area contributed by atoms with Crippen molar-refractivity contribution in [3.8, 4) is 11.5 Å². The summed E-state index contributed by atoms with van der Waals surface area (Å²) in [5.41, 5.74) is 0. The minimum atomic E-state index is -1.28. The first kappa shape index (κ1) is 12.7. The van der Waals surface area contributed by atoms with E-state index in [0.29, 0.717) is 29.6 Å². The molecule has 1 aliphatic carbocycles. The molecule has 0 bridgehead atoms. The van der Waals surface area contributed by atoms with Gasteiger partial charge in [0.2, 0.25) is 0 Å². The van der Waals surface area contributed by atoms with Gasteiger partial charge in [0.1, 0.15) is 5.78 Å². The minimum absolute atomic E-state index is 0.115. The van der Waals surface area contributed by atoms with Crippen molar-refractivity contribution in [1.82, 2.24) is 0 Å². The van der Waals surface area contributed by atoms with Gasteiger partial charge in [-0.25, -0.2) is 0 Å². The second-order valence-corrected chi connectivity index (χ2v) is 6.34. The van der Waals surface area contributed by atoms with Crippen LogP contribution in [-0.2, 0) is 15.6 Å². The molecule has 1 aromatic rings. The number of carbonyl (C=O) groups excluding carboxylic acids is 1. The number of ketones is 1. The highest BCUT2D eigenvalue weighted by atomic mass is 32.2. The van der Waals surface area contributed by atoms with Crippen molar-refractivity contribution in [2.75, 3.05) is 19.0 Å². The van der Waals surface area contributed by atoms with Gasteiger partial charge >= 0.3 is 0 Å². The van der Waals surface area contributed by atoms with Gasteiger partial charge in [-0.2, -0.15) is 0 Å². The van der Waals surface area contributed by atoms with Crippen LogP contribution in [0.3, 0.4) is 0 Å². The molecule has 1 heterocycles. The number of benzene rings is 1. The summed E-state index contributed by atoms with van der Waals surface area (Å²) in [4.78, 5) is 12.3. The lowest BCUT2D eigenvalue weighted by atomic mass is 10.3. The van der Waals surface area contributed by atoms with E-state index >= 15 is 0 Å². The first-order valence-electron chi connectivity index (χ1n) is 6.55. The summed E-state index contributed by atoms with van der Waals surface area (Å²) in [6.07, 6.45) is 2.75. The number of ether oxygens (including phenoxy) is 2. The lowest BCUT2D eigenvalue weighted by Crippen LogP contribution is -2.12. The van der Waals surface area contributed by atoms with Crippen molar-refractivity contribution in [3.63, 3.8) is 0 Å². The molecule has 0 N–H and O–H groups in total. The lowest BCUT2D eigenvalue weighted by Gasteiger charge is -2.09. The highest BCUT2D eigenvalue weighted by molar-refractivity contribution is 7.85. The molecule has 0 saturated heterocycles. The number of rotatable bonds is 4. The van der Waals surface area contributed by atoms with E-state index in [4.69, 9.17) is 9.47 Å².